The molecule has 0 aliphatic rings. The molecule has 0 unspecified atom stereocenters. The molecule has 2 aromatic rings. The minimum Gasteiger partial charge on any atom is -0.495 e. The summed E-state index contributed by atoms with van der Waals surface area (Å²) in [6.45, 7) is 1.28. The molecule has 27 heavy (non-hydrogen) atoms. The molecule has 2 rings (SSSR count). The molecule has 0 spiro atoms. The average Bonchev–Trinajstić information content (AvgIpc) is 3.15. The fourth-order valence-corrected chi connectivity index (χ4v) is 3.12. The fraction of sp³-hybridized carbons (Fsp3) is 0.389. The molecule has 0 atom stereocenters. The second-order valence-electron chi connectivity index (χ2n) is 5.52. The van der Waals surface area contributed by atoms with E-state index in [9.17, 15) is 9.59 Å². The van der Waals surface area contributed by atoms with Crippen LogP contribution in [0.3, 0.4) is 0 Å². The SMILES string of the molecule is COCCCN(Cc1nc(C(=O)OC)cs1)C(=O)Nc1ccccc1OC. The Bertz CT molecular complexity index is 765. The van der Waals surface area contributed by atoms with Gasteiger partial charge in [0.2, 0.25) is 0 Å². The van der Waals surface area contributed by atoms with Crippen molar-refractivity contribution < 1.29 is 23.8 Å². The molecule has 0 saturated heterocycles. The Morgan fingerprint density at radius 2 is 2.00 bits per heavy atom. The number of hydrogen-bond acceptors (Lipinski definition) is 7. The first-order chi connectivity index (χ1) is 13.1. The molecule has 2 amide bonds. The second kappa shape index (κ2) is 10.5. The summed E-state index contributed by atoms with van der Waals surface area (Å²) in [5.41, 5.74) is 0.815. The zero-order valence-electron chi connectivity index (χ0n) is 15.6. The number of thiazole rings is 1. The molecular formula is C18H23N3O5S. The predicted molar refractivity (Wildman–Crippen MR) is 102 cm³/mol. The Morgan fingerprint density at radius 1 is 1.22 bits per heavy atom. The van der Waals surface area contributed by atoms with E-state index in [0.717, 1.165) is 0 Å². The van der Waals surface area contributed by atoms with Gasteiger partial charge >= 0.3 is 12.0 Å². The highest BCUT2D eigenvalue weighted by Crippen LogP contribution is 2.24. The van der Waals surface area contributed by atoms with E-state index in [1.807, 2.05) is 12.1 Å². The van der Waals surface area contributed by atoms with Crippen LogP contribution >= 0.6 is 11.3 Å². The summed E-state index contributed by atoms with van der Waals surface area (Å²) in [6, 6.07) is 6.90. The number of carbonyl (C=O) groups excluding carboxylic acids is 2. The van der Waals surface area contributed by atoms with E-state index in [1.165, 1.54) is 18.4 Å². The van der Waals surface area contributed by atoms with Crippen LogP contribution in [0.15, 0.2) is 29.6 Å². The van der Waals surface area contributed by atoms with Gasteiger partial charge < -0.3 is 24.4 Å². The first-order valence-corrected chi connectivity index (χ1v) is 9.17. The van der Waals surface area contributed by atoms with E-state index < -0.39 is 5.97 Å². The highest BCUT2D eigenvalue weighted by molar-refractivity contribution is 7.09. The Labute approximate surface area is 162 Å². The highest BCUT2D eigenvalue weighted by atomic mass is 32.1. The van der Waals surface area contributed by atoms with Crippen LogP contribution in [0.4, 0.5) is 10.5 Å². The predicted octanol–water partition coefficient (Wildman–Crippen LogP) is 3.01. The molecule has 1 aromatic heterocycles. The van der Waals surface area contributed by atoms with Gasteiger partial charge in [0.25, 0.3) is 0 Å². The van der Waals surface area contributed by atoms with Crippen LogP contribution in [0.25, 0.3) is 0 Å². The third-order valence-electron chi connectivity index (χ3n) is 3.68. The standard InChI is InChI=1S/C18H23N3O5S/c1-24-10-6-9-21(11-16-19-14(12-27-16)17(22)26-3)18(23)20-13-7-4-5-8-15(13)25-2/h4-5,7-8,12H,6,9-11H2,1-3H3,(H,20,23). The van der Waals surface area contributed by atoms with Crippen molar-refractivity contribution >= 4 is 29.0 Å². The summed E-state index contributed by atoms with van der Waals surface area (Å²) in [6.07, 6.45) is 0.672. The molecule has 0 bridgehead atoms. The number of hydrogen-bond donors (Lipinski definition) is 1. The largest absolute Gasteiger partial charge is 0.495 e. The van der Waals surface area contributed by atoms with Crippen molar-refractivity contribution in [3.8, 4) is 5.75 Å². The van der Waals surface area contributed by atoms with Gasteiger partial charge in [-0.1, -0.05) is 12.1 Å². The molecule has 0 aliphatic carbocycles. The van der Waals surface area contributed by atoms with Crippen molar-refractivity contribution in [3.05, 3.63) is 40.3 Å². The van der Waals surface area contributed by atoms with E-state index in [0.29, 0.717) is 36.0 Å². The van der Waals surface area contributed by atoms with Crippen LogP contribution in [0.1, 0.15) is 21.9 Å². The first kappa shape index (κ1) is 20.7. The monoisotopic (exact) mass is 393 g/mol. The molecule has 146 valence electrons. The smallest absolute Gasteiger partial charge is 0.357 e. The van der Waals surface area contributed by atoms with E-state index in [-0.39, 0.29) is 18.3 Å². The summed E-state index contributed by atoms with van der Waals surface area (Å²) >= 11 is 1.30. The van der Waals surface area contributed by atoms with Crippen LogP contribution < -0.4 is 10.1 Å². The minimum absolute atomic E-state index is 0.236. The van der Waals surface area contributed by atoms with Crippen LogP contribution in [-0.2, 0) is 16.0 Å². The first-order valence-electron chi connectivity index (χ1n) is 8.29. The number of para-hydroxylation sites is 2. The fourth-order valence-electron chi connectivity index (χ4n) is 2.34. The molecule has 9 heteroatoms. The van der Waals surface area contributed by atoms with Gasteiger partial charge in [0.15, 0.2) is 5.69 Å². The number of esters is 1. The summed E-state index contributed by atoms with van der Waals surface area (Å²) in [7, 11) is 4.47. The number of aromatic nitrogens is 1. The molecule has 1 heterocycles. The van der Waals surface area contributed by atoms with Gasteiger partial charge in [0.05, 0.1) is 26.5 Å². The lowest BCUT2D eigenvalue weighted by Crippen LogP contribution is -2.35. The average molecular weight is 393 g/mol. The molecule has 1 aromatic carbocycles. The van der Waals surface area contributed by atoms with Crippen LogP contribution in [-0.4, -0.2) is 56.4 Å². The van der Waals surface area contributed by atoms with Crippen molar-refractivity contribution in [1.29, 1.82) is 0 Å². The van der Waals surface area contributed by atoms with Gasteiger partial charge in [0, 0.05) is 25.6 Å². The van der Waals surface area contributed by atoms with Crippen molar-refractivity contribution in [1.82, 2.24) is 9.88 Å². The summed E-state index contributed by atoms with van der Waals surface area (Å²) in [5.74, 6) is 0.0758. The number of nitrogens with one attached hydrogen (secondary N) is 1. The number of benzene rings is 1. The van der Waals surface area contributed by atoms with Gasteiger partial charge in [-0.3, -0.25) is 0 Å². The quantitative estimate of drug-likeness (QED) is 0.520. The number of anilines is 1. The summed E-state index contributed by atoms with van der Waals surface area (Å²) in [4.78, 5) is 30.2. The van der Waals surface area contributed by atoms with Gasteiger partial charge in [-0.2, -0.15) is 0 Å². The summed E-state index contributed by atoms with van der Waals surface area (Å²) in [5, 5.41) is 5.12. The zero-order chi connectivity index (χ0) is 19.6. The van der Waals surface area contributed by atoms with Crippen LogP contribution in [0, 0.1) is 0 Å². The Balaban J connectivity index is 2.11. The molecule has 0 saturated carbocycles. The van der Waals surface area contributed by atoms with Crippen LogP contribution in [0.2, 0.25) is 0 Å². The number of nitrogens with zero attached hydrogens (tertiary/aromatic N) is 2. The second-order valence-corrected chi connectivity index (χ2v) is 6.46. The maximum Gasteiger partial charge on any atom is 0.357 e. The number of amides is 2. The van der Waals surface area contributed by atoms with Gasteiger partial charge in [-0.05, 0) is 18.6 Å². The van der Waals surface area contributed by atoms with Crippen molar-refractivity contribution in [2.75, 3.05) is 39.8 Å². The van der Waals surface area contributed by atoms with E-state index in [2.05, 4.69) is 15.0 Å². The Kier molecular flexibility index (Phi) is 8.02. The number of methoxy groups -OCH3 is 3. The molecule has 1 N–H and O–H groups in total. The van der Waals surface area contributed by atoms with Gasteiger partial charge in [-0.15, -0.1) is 11.3 Å². The zero-order valence-corrected chi connectivity index (χ0v) is 16.4. The maximum absolute atomic E-state index is 12.8. The Morgan fingerprint density at radius 3 is 2.70 bits per heavy atom. The molecule has 0 radical (unpaired) electrons. The summed E-state index contributed by atoms with van der Waals surface area (Å²) < 4.78 is 15.0. The minimum atomic E-state index is -0.498. The van der Waals surface area contributed by atoms with Crippen LogP contribution in [0.5, 0.6) is 5.75 Å². The van der Waals surface area contributed by atoms with Crippen molar-refractivity contribution in [2.24, 2.45) is 0 Å². The topological polar surface area (TPSA) is 90.0 Å². The number of carbonyl (C=O) groups is 2. The Hall–Kier alpha value is -2.65. The third kappa shape index (κ3) is 5.93. The van der Waals surface area contributed by atoms with Crippen molar-refractivity contribution in [3.63, 3.8) is 0 Å². The molecule has 0 fully saturated rings. The lowest BCUT2D eigenvalue weighted by atomic mass is 10.3. The maximum atomic E-state index is 12.8. The molecular weight excluding hydrogens is 370 g/mol. The molecule has 0 aliphatic heterocycles. The van der Waals surface area contributed by atoms with Gasteiger partial charge in [-0.25, -0.2) is 14.6 Å². The molecule has 8 nitrogen and oxygen atoms in total. The number of ether oxygens (including phenoxy) is 3. The normalized spacial score (nSPS) is 10.3. The van der Waals surface area contributed by atoms with Crippen molar-refractivity contribution in [2.45, 2.75) is 13.0 Å². The number of urea groups is 1. The lowest BCUT2D eigenvalue weighted by molar-refractivity contribution is 0.0594. The van der Waals surface area contributed by atoms with Gasteiger partial charge in [0.1, 0.15) is 10.8 Å². The third-order valence-corrected chi connectivity index (χ3v) is 4.52. The van der Waals surface area contributed by atoms with E-state index in [1.54, 1.807) is 36.6 Å². The number of rotatable bonds is 9. The van der Waals surface area contributed by atoms with E-state index >= 15 is 0 Å². The lowest BCUT2D eigenvalue weighted by Gasteiger charge is -2.22. The van der Waals surface area contributed by atoms with E-state index in [4.69, 9.17) is 9.47 Å². The highest BCUT2D eigenvalue weighted by Gasteiger charge is 2.18.